The number of halogens is 1. The Labute approximate surface area is 87.7 Å². The maximum atomic E-state index is 5.96. The largest absolute Gasteiger partial charge is 0.399 e. The van der Waals surface area contributed by atoms with E-state index in [9.17, 15) is 0 Å². The molecule has 0 amide bonds. The number of thioether (sulfide) groups is 1. The first-order valence-corrected chi connectivity index (χ1v) is 5.18. The Morgan fingerprint density at radius 3 is 2.92 bits per heavy atom. The van der Waals surface area contributed by atoms with Gasteiger partial charge in [-0.05, 0) is 25.1 Å². The van der Waals surface area contributed by atoms with Crippen LogP contribution in [0.2, 0.25) is 5.02 Å². The normalized spacial score (nSPS) is 9.08. The number of rotatable bonds is 2. The second kappa shape index (κ2) is 5.06. The number of nitrogens with two attached hydrogens (primary N) is 1. The van der Waals surface area contributed by atoms with Crippen LogP contribution in [0.15, 0.2) is 23.1 Å². The second-order valence-corrected chi connectivity index (χ2v) is 3.83. The smallest absolute Gasteiger partial charge is 0.0595 e. The molecule has 3 heteroatoms. The molecule has 0 radical (unpaired) electrons. The molecular weight excluding hydrogens is 202 g/mol. The predicted molar refractivity (Wildman–Crippen MR) is 60.0 cm³/mol. The molecule has 0 bridgehead atoms. The number of nitrogen functional groups attached to an aromatic ring is 1. The van der Waals surface area contributed by atoms with E-state index in [4.69, 9.17) is 17.3 Å². The van der Waals surface area contributed by atoms with E-state index in [2.05, 4.69) is 11.8 Å². The molecule has 0 unspecified atom stereocenters. The van der Waals surface area contributed by atoms with E-state index in [1.807, 2.05) is 19.1 Å². The molecule has 0 aliphatic carbocycles. The Bertz CT molecular complexity index is 352. The third-order valence-corrected chi connectivity index (χ3v) is 2.81. The van der Waals surface area contributed by atoms with Crippen molar-refractivity contribution in [2.24, 2.45) is 0 Å². The molecule has 1 nitrogen and oxygen atoms in total. The summed E-state index contributed by atoms with van der Waals surface area (Å²) in [5, 5.41) is 0.697. The topological polar surface area (TPSA) is 26.0 Å². The van der Waals surface area contributed by atoms with Gasteiger partial charge in [0.15, 0.2) is 0 Å². The highest BCUT2D eigenvalue weighted by Crippen LogP contribution is 2.28. The van der Waals surface area contributed by atoms with Gasteiger partial charge >= 0.3 is 0 Å². The zero-order chi connectivity index (χ0) is 9.68. The van der Waals surface area contributed by atoms with Gasteiger partial charge in [0.2, 0.25) is 0 Å². The highest BCUT2D eigenvalue weighted by molar-refractivity contribution is 7.99. The molecule has 0 fully saturated rings. The molecule has 0 saturated heterocycles. The van der Waals surface area contributed by atoms with Crippen molar-refractivity contribution in [1.82, 2.24) is 0 Å². The van der Waals surface area contributed by atoms with E-state index in [0.29, 0.717) is 10.7 Å². The average molecular weight is 212 g/mol. The summed E-state index contributed by atoms with van der Waals surface area (Å²) in [5.74, 6) is 6.56. The van der Waals surface area contributed by atoms with Crippen LogP contribution in [-0.4, -0.2) is 5.75 Å². The number of benzene rings is 1. The number of hydrogen-bond donors (Lipinski definition) is 1. The van der Waals surface area contributed by atoms with E-state index < -0.39 is 0 Å². The summed E-state index contributed by atoms with van der Waals surface area (Å²) >= 11 is 7.58. The summed E-state index contributed by atoms with van der Waals surface area (Å²) in [5.41, 5.74) is 6.25. The van der Waals surface area contributed by atoms with Gasteiger partial charge in [-0.2, -0.15) is 0 Å². The van der Waals surface area contributed by atoms with Gasteiger partial charge in [-0.15, -0.1) is 17.7 Å². The molecule has 68 valence electrons. The summed E-state index contributed by atoms with van der Waals surface area (Å²) in [6.45, 7) is 1.82. The Balaban J connectivity index is 2.70. The molecule has 13 heavy (non-hydrogen) atoms. The molecule has 1 rings (SSSR count). The zero-order valence-electron chi connectivity index (χ0n) is 7.30. The molecular formula is C10H10ClNS. The monoisotopic (exact) mass is 211 g/mol. The summed E-state index contributed by atoms with van der Waals surface area (Å²) in [6, 6.07) is 5.51. The average Bonchev–Trinajstić information content (AvgIpc) is 2.09. The van der Waals surface area contributed by atoms with Crippen LogP contribution in [0, 0.1) is 11.8 Å². The Morgan fingerprint density at radius 2 is 2.31 bits per heavy atom. The minimum Gasteiger partial charge on any atom is -0.399 e. The Kier molecular flexibility index (Phi) is 4.01. The molecule has 0 atom stereocenters. The Morgan fingerprint density at radius 1 is 1.54 bits per heavy atom. The molecule has 0 aliphatic rings. The van der Waals surface area contributed by atoms with Crippen LogP contribution in [0.4, 0.5) is 5.69 Å². The molecule has 0 aromatic heterocycles. The van der Waals surface area contributed by atoms with Crippen molar-refractivity contribution in [2.45, 2.75) is 11.8 Å². The van der Waals surface area contributed by atoms with Crippen LogP contribution in [-0.2, 0) is 0 Å². The van der Waals surface area contributed by atoms with Gasteiger partial charge in [-0.25, -0.2) is 0 Å². The van der Waals surface area contributed by atoms with Crippen LogP contribution in [0.5, 0.6) is 0 Å². The fraction of sp³-hybridized carbons (Fsp3) is 0.200. The van der Waals surface area contributed by atoms with E-state index in [-0.39, 0.29) is 0 Å². The van der Waals surface area contributed by atoms with Gasteiger partial charge in [0, 0.05) is 10.6 Å². The van der Waals surface area contributed by atoms with Gasteiger partial charge in [0.25, 0.3) is 0 Å². The quantitative estimate of drug-likeness (QED) is 0.462. The lowest BCUT2D eigenvalue weighted by Crippen LogP contribution is -1.84. The van der Waals surface area contributed by atoms with Crippen molar-refractivity contribution in [3.63, 3.8) is 0 Å². The van der Waals surface area contributed by atoms with E-state index in [1.54, 1.807) is 17.8 Å². The third kappa shape index (κ3) is 3.22. The second-order valence-electron chi connectivity index (χ2n) is 2.41. The maximum absolute atomic E-state index is 5.96. The van der Waals surface area contributed by atoms with Crippen molar-refractivity contribution < 1.29 is 0 Å². The lowest BCUT2D eigenvalue weighted by atomic mass is 10.3. The van der Waals surface area contributed by atoms with E-state index in [0.717, 1.165) is 10.6 Å². The molecule has 2 N–H and O–H groups in total. The highest BCUT2D eigenvalue weighted by Gasteiger charge is 1.99. The first kappa shape index (κ1) is 10.3. The maximum Gasteiger partial charge on any atom is 0.0595 e. The summed E-state index contributed by atoms with van der Waals surface area (Å²) < 4.78 is 0. The standard InChI is InChI=1S/C10H10ClNS/c1-2-3-6-13-10-5-4-8(12)7-9(10)11/h4-5,7H,6,12H2,1H3. The SMILES string of the molecule is CC#CCSc1ccc(N)cc1Cl. The molecule has 0 heterocycles. The molecule has 1 aromatic rings. The number of hydrogen-bond acceptors (Lipinski definition) is 2. The van der Waals surface area contributed by atoms with E-state index in [1.165, 1.54) is 0 Å². The molecule has 0 saturated carbocycles. The minimum atomic E-state index is 0.691. The van der Waals surface area contributed by atoms with Crippen LogP contribution >= 0.6 is 23.4 Å². The van der Waals surface area contributed by atoms with Crippen molar-refractivity contribution in [2.75, 3.05) is 11.5 Å². The fourth-order valence-corrected chi connectivity index (χ4v) is 1.91. The number of anilines is 1. The minimum absolute atomic E-state index is 0.691. The summed E-state index contributed by atoms with van der Waals surface area (Å²) in [6.07, 6.45) is 0. The van der Waals surface area contributed by atoms with E-state index >= 15 is 0 Å². The van der Waals surface area contributed by atoms with Crippen LogP contribution in [0.1, 0.15) is 6.92 Å². The van der Waals surface area contributed by atoms with Crippen LogP contribution < -0.4 is 5.73 Å². The lowest BCUT2D eigenvalue weighted by Gasteiger charge is -2.01. The van der Waals surface area contributed by atoms with Crippen molar-refractivity contribution in [3.05, 3.63) is 23.2 Å². The fourth-order valence-electron chi connectivity index (χ4n) is 0.820. The molecule has 1 aromatic carbocycles. The van der Waals surface area contributed by atoms with Gasteiger partial charge in [0.05, 0.1) is 10.8 Å². The highest BCUT2D eigenvalue weighted by atomic mass is 35.5. The van der Waals surface area contributed by atoms with Gasteiger partial charge in [-0.1, -0.05) is 17.5 Å². The third-order valence-electron chi connectivity index (χ3n) is 1.43. The van der Waals surface area contributed by atoms with Crippen molar-refractivity contribution >= 4 is 29.1 Å². The summed E-state index contributed by atoms with van der Waals surface area (Å²) in [4.78, 5) is 1.03. The first-order chi connectivity index (χ1) is 6.24. The van der Waals surface area contributed by atoms with Crippen molar-refractivity contribution in [3.8, 4) is 11.8 Å². The van der Waals surface area contributed by atoms with Crippen LogP contribution in [0.25, 0.3) is 0 Å². The van der Waals surface area contributed by atoms with Crippen molar-refractivity contribution in [1.29, 1.82) is 0 Å². The van der Waals surface area contributed by atoms with Crippen LogP contribution in [0.3, 0.4) is 0 Å². The van der Waals surface area contributed by atoms with Gasteiger partial charge in [-0.3, -0.25) is 0 Å². The molecule has 0 aliphatic heterocycles. The zero-order valence-corrected chi connectivity index (χ0v) is 8.88. The predicted octanol–water partition coefficient (Wildman–Crippen LogP) is 3.04. The summed E-state index contributed by atoms with van der Waals surface area (Å²) in [7, 11) is 0. The first-order valence-electron chi connectivity index (χ1n) is 3.81. The Hall–Kier alpha value is -0.780. The van der Waals surface area contributed by atoms with Gasteiger partial charge in [0.1, 0.15) is 0 Å². The van der Waals surface area contributed by atoms with Gasteiger partial charge < -0.3 is 5.73 Å². The molecule has 0 spiro atoms. The lowest BCUT2D eigenvalue weighted by molar-refractivity contribution is 1.46.